The number of rotatable bonds is 7. The van der Waals surface area contributed by atoms with Gasteiger partial charge in [-0.3, -0.25) is 14.5 Å². The van der Waals surface area contributed by atoms with Gasteiger partial charge in [0.2, 0.25) is 17.6 Å². The van der Waals surface area contributed by atoms with Crippen LogP contribution in [0.25, 0.3) is 11.4 Å². The molecule has 3 N–H and O–H groups in total. The van der Waals surface area contributed by atoms with Crippen LogP contribution < -0.4 is 5.32 Å². The number of aliphatic hydroxyl groups is 1. The molecule has 34 heavy (non-hydrogen) atoms. The summed E-state index contributed by atoms with van der Waals surface area (Å²) in [6.45, 7) is 1.98. The summed E-state index contributed by atoms with van der Waals surface area (Å²) in [5.41, 5.74) is 4.37. The van der Waals surface area contributed by atoms with E-state index in [-0.39, 0.29) is 30.4 Å². The highest BCUT2D eigenvalue weighted by Crippen LogP contribution is 2.28. The number of benzene rings is 2. The molecule has 0 unspecified atom stereocenters. The zero-order valence-electron chi connectivity index (χ0n) is 18.9. The molecule has 1 aromatic heterocycles. The Hall–Kier alpha value is -3.63. The fourth-order valence-electron chi connectivity index (χ4n) is 4.69. The molecule has 0 aliphatic carbocycles. The lowest BCUT2D eigenvalue weighted by atomic mass is 10.0. The summed E-state index contributed by atoms with van der Waals surface area (Å²) in [6, 6.07) is 13.3. The fraction of sp³-hybridized carbons (Fsp3) is 0.375. The largest absolute Gasteiger partial charge is 0.392 e. The van der Waals surface area contributed by atoms with E-state index >= 15 is 0 Å². The van der Waals surface area contributed by atoms with Gasteiger partial charge in [-0.05, 0) is 40.5 Å². The van der Waals surface area contributed by atoms with Gasteiger partial charge < -0.3 is 15.3 Å². The molecule has 2 aliphatic rings. The molecule has 10 heteroatoms. The van der Waals surface area contributed by atoms with Crippen molar-refractivity contribution in [3.8, 4) is 11.4 Å². The molecule has 2 aromatic carbocycles. The van der Waals surface area contributed by atoms with Gasteiger partial charge >= 0.3 is 0 Å². The lowest BCUT2D eigenvalue weighted by Gasteiger charge is -2.32. The van der Waals surface area contributed by atoms with Crippen LogP contribution in [-0.2, 0) is 22.4 Å². The lowest BCUT2D eigenvalue weighted by molar-refractivity contribution is -0.131. The average Bonchev–Trinajstić information content (AvgIpc) is 3.57. The zero-order chi connectivity index (χ0) is 23.7. The molecule has 10 nitrogen and oxygen atoms in total. The van der Waals surface area contributed by atoms with Crippen LogP contribution in [0.15, 0.2) is 42.5 Å². The molecule has 1 saturated heterocycles. The number of tetrazole rings is 1. The standard InChI is InChI=1S/C24H27N7O3/c1-30(23(34)10-15-5-6-16-12-22(33)25-20(16)9-15)21(14-31-8-7-19(32)13-31)17-3-2-4-18(11-17)24-26-28-29-27-24/h2-6,9,11,19,21,32H,7-8,10,12-14H2,1H3,(H,25,33)(H,26,27,28,29)/t19-,21-/m1/s1. The van der Waals surface area contributed by atoms with Crippen molar-refractivity contribution in [3.63, 3.8) is 0 Å². The van der Waals surface area contributed by atoms with Crippen LogP contribution >= 0.6 is 0 Å². The van der Waals surface area contributed by atoms with Gasteiger partial charge in [-0.25, -0.2) is 0 Å². The van der Waals surface area contributed by atoms with Gasteiger partial charge in [0, 0.05) is 37.9 Å². The van der Waals surface area contributed by atoms with E-state index in [9.17, 15) is 14.7 Å². The number of aliphatic hydroxyl groups excluding tert-OH is 1. The number of amides is 2. The first-order valence-electron chi connectivity index (χ1n) is 11.4. The summed E-state index contributed by atoms with van der Waals surface area (Å²) in [5.74, 6) is 0.440. The Balaban J connectivity index is 1.38. The van der Waals surface area contributed by atoms with Gasteiger partial charge in [-0.15, -0.1) is 10.2 Å². The number of carbonyl (C=O) groups is 2. The predicted octanol–water partition coefficient (Wildman–Crippen LogP) is 1.17. The van der Waals surface area contributed by atoms with E-state index in [2.05, 4.69) is 30.8 Å². The number of aromatic amines is 1. The third-order valence-electron chi connectivity index (χ3n) is 6.57. The Kier molecular flexibility index (Phi) is 6.08. The molecule has 2 amide bonds. The Morgan fingerprint density at radius 2 is 2.18 bits per heavy atom. The predicted molar refractivity (Wildman–Crippen MR) is 125 cm³/mol. The van der Waals surface area contributed by atoms with Crippen LogP contribution in [0.2, 0.25) is 0 Å². The van der Waals surface area contributed by atoms with Crippen molar-refractivity contribution in [1.82, 2.24) is 30.4 Å². The number of carbonyl (C=O) groups excluding carboxylic acids is 2. The molecule has 0 radical (unpaired) electrons. The highest BCUT2D eigenvalue weighted by molar-refractivity contribution is 5.99. The van der Waals surface area contributed by atoms with Crippen LogP contribution in [0.4, 0.5) is 5.69 Å². The number of β-amino-alcohol motifs (C(OH)–C–C–N with tert-alkyl or cyclic N) is 1. The maximum absolute atomic E-state index is 13.4. The van der Waals surface area contributed by atoms with Gasteiger partial charge in [-0.2, -0.15) is 5.21 Å². The molecule has 0 spiro atoms. The third kappa shape index (κ3) is 4.68. The van der Waals surface area contributed by atoms with E-state index in [1.807, 2.05) is 49.5 Å². The molecular formula is C24H27N7O3. The van der Waals surface area contributed by atoms with E-state index < -0.39 is 0 Å². The summed E-state index contributed by atoms with van der Waals surface area (Å²) in [6.07, 6.45) is 0.996. The van der Waals surface area contributed by atoms with Crippen LogP contribution in [0, 0.1) is 0 Å². The first kappa shape index (κ1) is 22.2. The molecule has 3 heterocycles. The van der Waals surface area contributed by atoms with Gasteiger partial charge in [0.1, 0.15) is 0 Å². The summed E-state index contributed by atoms with van der Waals surface area (Å²) >= 11 is 0. The maximum Gasteiger partial charge on any atom is 0.228 e. The number of hydrogen-bond donors (Lipinski definition) is 3. The highest BCUT2D eigenvalue weighted by Gasteiger charge is 2.29. The average molecular weight is 462 g/mol. The van der Waals surface area contributed by atoms with Crippen LogP contribution in [0.5, 0.6) is 0 Å². The lowest BCUT2D eigenvalue weighted by Crippen LogP contribution is -2.39. The van der Waals surface area contributed by atoms with Gasteiger partial charge in [0.15, 0.2) is 0 Å². The van der Waals surface area contributed by atoms with Crippen LogP contribution in [0.3, 0.4) is 0 Å². The Bertz CT molecular complexity index is 1200. The van der Waals surface area contributed by atoms with Crippen LogP contribution in [0.1, 0.15) is 29.2 Å². The number of hydrogen-bond acceptors (Lipinski definition) is 7. The van der Waals surface area contributed by atoms with Crippen molar-refractivity contribution < 1.29 is 14.7 Å². The first-order chi connectivity index (χ1) is 16.5. The van der Waals surface area contributed by atoms with Crippen molar-refractivity contribution in [2.24, 2.45) is 0 Å². The molecule has 1 fully saturated rings. The van der Waals surface area contributed by atoms with E-state index in [4.69, 9.17) is 0 Å². The number of H-pyrrole nitrogens is 1. The third-order valence-corrected chi connectivity index (χ3v) is 6.57. The summed E-state index contributed by atoms with van der Waals surface area (Å²) in [5, 5.41) is 27.1. The van der Waals surface area contributed by atoms with E-state index in [0.29, 0.717) is 25.3 Å². The molecule has 2 aliphatic heterocycles. The number of fused-ring (bicyclic) bond motifs is 1. The maximum atomic E-state index is 13.4. The molecule has 3 aromatic rings. The molecule has 2 atom stereocenters. The van der Waals surface area contributed by atoms with E-state index in [1.54, 1.807) is 4.90 Å². The number of anilines is 1. The van der Waals surface area contributed by atoms with Crippen molar-refractivity contribution >= 4 is 17.5 Å². The Morgan fingerprint density at radius 1 is 1.29 bits per heavy atom. The van der Waals surface area contributed by atoms with Crippen molar-refractivity contribution in [2.75, 3.05) is 32.0 Å². The zero-order valence-corrected chi connectivity index (χ0v) is 18.9. The van der Waals surface area contributed by atoms with E-state index in [0.717, 1.165) is 40.9 Å². The van der Waals surface area contributed by atoms with Crippen molar-refractivity contribution in [3.05, 3.63) is 59.2 Å². The quantitative estimate of drug-likeness (QED) is 0.482. The Labute approximate surface area is 197 Å². The van der Waals surface area contributed by atoms with E-state index in [1.165, 1.54) is 0 Å². The minimum Gasteiger partial charge on any atom is -0.392 e. The fourth-order valence-corrected chi connectivity index (χ4v) is 4.69. The molecule has 176 valence electrons. The topological polar surface area (TPSA) is 127 Å². The second-order valence-corrected chi connectivity index (χ2v) is 8.98. The number of likely N-dealkylation sites (N-methyl/N-ethyl adjacent to an activating group) is 1. The SMILES string of the molecule is CN(C(=O)Cc1ccc2c(c1)NC(=O)C2)[C@H](CN1CC[C@@H](O)C1)c1cccc(-c2nn[nH]n2)c1. The molecule has 5 rings (SSSR count). The summed E-state index contributed by atoms with van der Waals surface area (Å²) in [4.78, 5) is 29.0. The number of nitrogens with zero attached hydrogens (tertiary/aromatic N) is 5. The number of aromatic nitrogens is 4. The van der Waals surface area contributed by atoms with Gasteiger partial charge in [0.25, 0.3) is 0 Å². The van der Waals surface area contributed by atoms with Crippen molar-refractivity contribution in [2.45, 2.75) is 31.4 Å². The molecule has 0 bridgehead atoms. The molecule has 0 saturated carbocycles. The Morgan fingerprint density at radius 3 is 2.94 bits per heavy atom. The normalized spacial score (nSPS) is 18.5. The monoisotopic (exact) mass is 461 g/mol. The highest BCUT2D eigenvalue weighted by atomic mass is 16.3. The number of nitrogens with one attached hydrogen (secondary N) is 2. The first-order valence-corrected chi connectivity index (χ1v) is 11.4. The van der Waals surface area contributed by atoms with Gasteiger partial charge in [0.05, 0.1) is 25.0 Å². The summed E-state index contributed by atoms with van der Waals surface area (Å²) < 4.78 is 0. The van der Waals surface area contributed by atoms with Crippen molar-refractivity contribution in [1.29, 1.82) is 0 Å². The summed E-state index contributed by atoms with van der Waals surface area (Å²) in [7, 11) is 1.82. The number of likely N-dealkylation sites (tertiary alicyclic amines) is 1. The second-order valence-electron chi connectivity index (χ2n) is 8.98. The van der Waals surface area contributed by atoms with Gasteiger partial charge in [-0.1, -0.05) is 30.3 Å². The minimum absolute atomic E-state index is 0.0232. The minimum atomic E-state index is -0.339. The van der Waals surface area contributed by atoms with Crippen LogP contribution in [-0.4, -0.2) is 80.1 Å². The smallest absolute Gasteiger partial charge is 0.228 e. The second kappa shape index (κ2) is 9.32. The molecular weight excluding hydrogens is 434 g/mol.